The van der Waals surface area contributed by atoms with Crippen molar-refractivity contribution in [3.8, 4) is 0 Å². The van der Waals surface area contributed by atoms with Gasteiger partial charge in [0.15, 0.2) is 11.5 Å². The van der Waals surface area contributed by atoms with Gasteiger partial charge in [-0.15, -0.1) is 0 Å². The fourth-order valence-corrected chi connectivity index (χ4v) is 1.96. The molecule has 0 aliphatic heterocycles. The summed E-state index contributed by atoms with van der Waals surface area (Å²) in [7, 11) is 0. The summed E-state index contributed by atoms with van der Waals surface area (Å²) in [6, 6.07) is 4.46. The van der Waals surface area contributed by atoms with Gasteiger partial charge in [0.2, 0.25) is 5.28 Å². The lowest BCUT2D eigenvalue weighted by Gasteiger charge is -2.09. The highest BCUT2D eigenvalue weighted by Gasteiger charge is 2.10. The predicted molar refractivity (Wildman–Crippen MR) is 71.1 cm³/mol. The molecular weight excluding hydrogens is 269 g/mol. The van der Waals surface area contributed by atoms with Crippen LogP contribution in [0, 0.1) is 12.7 Å². The van der Waals surface area contributed by atoms with Crippen LogP contribution in [0.1, 0.15) is 5.56 Å². The standard InChI is InChI=1S/C12H9ClFN5/c1-6-4-7(14)2-3-8(6)17-11-9-10(16-5-15-9)18-12(13)19-11/h2-5H,1H3,(H2,15,16,17,18,19). The van der Waals surface area contributed by atoms with Gasteiger partial charge in [0, 0.05) is 5.69 Å². The first-order valence-corrected chi connectivity index (χ1v) is 5.91. The van der Waals surface area contributed by atoms with E-state index in [1.165, 1.54) is 18.5 Å². The van der Waals surface area contributed by atoms with Crippen LogP contribution in [-0.2, 0) is 0 Å². The van der Waals surface area contributed by atoms with Gasteiger partial charge in [-0.1, -0.05) is 0 Å². The number of hydrogen-bond donors (Lipinski definition) is 2. The Kier molecular flexibility index (Phi) is 2.79. The third-order valence-electron chi connectivity index (χ3n) is 2.70. The van der Waals surface area contributed by atoms with Gasteiger partial charge in [0.25, 0.3) is 0 Å². The lowest BCUT2D eigenvalue weighted by Crippen LogP contribution is -1.99. The van der Waals surface area contributed by atoms with E-state index in [-0.39, 0.29) is 11.1 Å². The first-order valence-electron chi connectivity index (χ1n) is 5.53. The predicted octanol–water partition coefficient (Wildman–Crippen LogP) is 3.20. The fraction of sp³-hybridized carbons (Fsp3) is 0.0833. The quantitative estimate of drug-likeness (QED) is 0.706. The molecule has 2 heterocycles. The minimum Gasteiger partial charge on any atom is -0.340 e. The van der Waals surface area contributed by atoms with E-state index in [1.54, 1.807) is 13.0 Å². The van der Waals surface area contributed by atoms with E-state index in [9.17, 15) is 4.39 Å². The second-order valence-corrected chi connectivity index (χ2v) is 4.36. The molecule has 0 atom stereocenters. The Balaban J connectivity index is 2.07. The molecular formula is C12H9ClFN5. The average Bonchev–Trinajstić information content (AvgIpc) is 2.80. The second-order valence-electron chi connectivity index (χ2n) is 4.03. The van der Waals surface area contributed by atoms with Gasteiger partial charge in [0.1, 0.15) is 11.3 Å². The maximum Gasteiger partial charge on any atom is 0.226 e. The largest absolute Gasteiger partial charge is 0.340 e. The molecule has 0 unspecified atom stereocenters. The number of aromatic nitrogens is 4. The number of aryl methyl sites for hydroxylation is 1. The Labute approximate surface area is 112 Å². The molecule has 0 bridgehead atoms. The molecule has 0 aliphatic carbocycles. The highest BCUT2D eigenvalue weighted by atomic mass is 35.5. The normalized spacial score (nSPS) is 10.9. The molecule has 5 nitrogen and oxygen atoms in total. The second kappa shape index (κ2) is 4.47. The van der Waals surface area contributed by atoms with Crippen LogP contribution in [-0.4, -0.2) is 19.9 Å². The summed E-state index contributed by atoms with van der Waals surface area (Å²) >= 11 is 5.84. The SMILES string of the molecule is Cc1cc(F)ccc1Nc1nc(Cl)nc2nc[nH]c12. The lowest BCUT2D eigenvalue weighted by molar-refractivity contribution is 0.627. The molecule has 3 rings (SSSR count). The fourth-order valence-electron chi connectivity index (χ4n) is 1.79. The number of nitrogens with one attached hydrogen (secondary N) is 2. The van der Waals surface area contributed by atoms with Crippen LogP contribution in [0.4, 0.5) is 15.9 Å². The summed E-state index contributed by atoms with van der Waals surface area (Å²) in [5, 5.41) is 3.19. The molecule has 2 N–H and O–H groups in total. The van der Waals surface area contributed by atoms with Gasteiger partial charge in [-0.2, -0.15) is 9.97 Å². The topological polar surface area (TPSA) is 66.5 Å². The minimum absolute atomic E-state index is 0.0989. The smallest absolute Gasteiger partial charge is 0.226 e. The van der Waals surface area contributed by atoms with Crippen LogP contribution in [0.15, 0.2) is 24.5 Å². The molecule has 0 saturated heterocycles. The van der Waals surface area contributed by atoms with Crippen molar-refractivity contribution in [1.82, 2.24) is 19.9 Å². The molecule has 0 saturated carbocycles. The summed E-state index contributed by atoms with van der Waals surface area (Å²) in [6.45, 7) is 1.80. The first kappa shape index (κ1) is 11.9. The Bertz CT molecular complexity index is 755. The molecule has 1 aromatic carbocycles. The third-order valence-corrected chi connectivity index (χ3v) is 2.87. The first-order chi connectivity index (χ1) is 9.13. The molecule has 0 radical (unpaired) electrons. The Hall–Kier alpha value is -2.21. The van der Waals surface area contributed by atoms with Crippen molar-refractivity contribution in [3.05, 3.63) is 41.2 Å². The zero-order valence-corrected chi connectivity index (χ0v) is 10.7. The number of nitrogens with zero attached hydrogens (tertiary/aromatic N) is 3. The number of aromatic amines is 1. The zero-order valence-electron chi connectivity index (χ0n) is 9.91. The summed E-state index contributed by atoms with van der Waals surface area (Å²) in [5.41, 5.74) is 2.63. The van der Waals surface area contributed by atoms with E-state index in [4.69, 9.17) is 11.6 Å². The number of imidazole rings is 1. The highest BCUT2D eigenvalue weighted by Crippen LogP contribution is 2.25. The van der Waals surface area contributed by atoms with Crippen molar-refractivity contribution in [2.45, 2.75) is 6.92 Å². The summed E-state index contributed by atoms with van der Waals surface area (Å²) in [5.74, 6) is 0.220. The number of H-pyrrole nitrogens is 1. The Morgan fingerprint density at radius 3 is 2.95 bits per heavy atom. The van der Waals surface area contributed by atoms with Gasteiger partial charge in [-0.05, 0) is 42.3 Å². The van der Waals surface area contributed by atoms with Crippen LogP contribution in [0.5, 0.6) is 0 Å². The molecule has 0 spiro atoms. The van der Waals surface area contributed by atoms with E-state index in [0.717, 1.165) is 11.3 Å². The maximum absolute atomic E-state index is 13.1. The summed E-state index contributed by atoms with van der Waals surface area (Å²) in [6.07, 6.45) is 1.51. The van der Waals surface area contributed by atoms with Gasteiger partial charge in [0.05, 0.1) is 6.33 Å². The molecule has 0 aliphatic rings. The highest BCUT2D eigenvalue weighted by molar-refractivity contribution is 6.28. The number of rotatable bonds is 2. The molecule has 0 fully saturated rings. The van der Waals surface area contributed by atoms with Gasteiger partial charge >= 0.3 is 0 Å². The van der Waals surface area contributed by atoms with Gasteiger partial charge in [-0.3, -0.25) is 0 Å². The van der Waals surface area contributed by atoms with Crippen molar-refractivity contribution in [2.75, 3.05) is 5.32 Å². The molecule has 2 aromatic heterocycles. The number of benzene rings is 1. The third kappa shape index (κ3) is 2.22. The number of halogens is 2. The van der Waals surface area contributed by atoms with Crippen LogP contribution >= 0.6 is 11.6 Å². The van der Waals surface area contributed by atoms with Crippen molar-refractivity contribution < 1.29 is 4.39 Å². The van der Waals surface area contributed by atoms with Crippen LogP contribution in [0.3, 0.4) is 0 Å². The van der Waals surface area contributed by atoms with Crippen molar-refractivity contribution >= 4 is 34.3 Å². The lowest BCUT2D eigenvalue weighted by atomic mass is 10.2. The summed E-state index contributed by atoms with van der Waals surface area (Å²) < 4.78 is 13.1. The number of anilines is 2. The van der Waals surface area contributed by atoms with E-state index in [1.807, 2.05) is 0 Å². The van der Waals surface area contributed by atoms with Crippen LogP contribution in [0.25, 0.3) is 11.2 Å². The summed E-state index contributed by atoms with van der Waals surface area (Å²) in [4.78, 5) is 15.1. The maximum atomic E-state index is 13.1. The van der Waals surface area contributed by atoms with E-state index in [2.05, 4.69) is 25.3 Å². The van der Waals surface area contributed by atoms with Crippen molar-refractivity contribution in [3.63, 3.8) is 0 Å². The molecule has 7 heteroatoms. The van der Waals surface area contributed by atoms with E-state index in [0.29, 0.717) is 17.0 Å². The molecule has 3 aromatic rings. The Morgan fingerprint density at radius 1 is 1.32 bits per heavy atom. The zero-order chi connectivity index (χ0) is 13.4. The minimum atomic E-state index is -0.282. The van der Waals surface area contributed by atoms with Crippen molar-refractivity contribution in [1.29, 1.82) is 0 Å². The van der Waals surface area contributed by atoms with Gasteiger partial charge in [-0.25, -0.2) is 9.37 Å². The monoisotopic (exact) mass is 277 g/mol. The van der Waals surface area contributed by atoms with E-state index < -0.39 is 0 Å². The molecule has 0 amide bonds. The number of fused-ring (bicyclic) bond motifs is 1. The molecule has 96 valence electrons. The van der Waals surface area contributed by atoms with Crippen LogP contribution < -0.4 is 5.32 Å². The van der Waals surface area contributed by atoms with Gasteiger partial charge < -0.3 is 10.3 Å². The average molecular weight is 278 g/mol. The number of hydrogen-bond acceptors (Lipinski definition) is 4. The molecule has 19 heavy (non-hydrogen) atoms. The van der Waals surface area contributed by atoms with Crippen LogP contribution in [0.2, 0.25) is 5.28 Å². The van der Waals surface area contributed by atoms with Crippen molar-refractivity contribution in [2.24, 2.45) is 0 Å². The van der Waals surface area contributed by atoms with E-state index >= 15 is 0 Å². The Morgan fingerprint density at radius 2 is 2.16 bits per heavy atom.